The number of rotatable bonds is 9. The van der Waals surface area contributed by atoms with E-state index in [-0.39, 0.29) is 12.1 Å². The highest BCUT2D eigenvalue weighted by atomic mass is 16.3. The number of aromatic nitrogens is 2. The van der Waals surface area contributed by atoms with E-state index in [1.165, 1.54) is 11.3 Å². The maximum atomic E-state index is 9.72. The van der Waals surface area contributed by atoms with Gasteiger partial charge in [-0.1, -0.05) is 13.8 Å². The summed E-state index contributed by atoms with van der Waals surface area (Å²) in [6.07, 6.45) is 4.07. The molecule has 0 saturated carbocycles. The number of aliphatic hydroxyl groups is 1. The Labute approximate surface area is 123 Å². The van der Waals surface area contributed by atoms with Gasteiger partial charge in [0.05, 0.1) is 12.3 Å². The van der Waals surface area contributed by atoms with Crippen molar-refractivity contribution in [3.8, 4) is 0 Å². The van der Waals surface area contributed by atoms with Gasteiger partial charge in [0.15, 0.2) is 0 Å². The summed E-state index contributed by atoms with van der Waals surface area (Å²) in [5.41, 5.74) is 3.55. The fourth-order valence-corrected chi connectivity index (χ4v) is 2.60. The zero-order valence-electron chi connectivity index (χ0n) is 13.8. The predicted molar refractivity (Wildman–Crippen MR) is 84.1 cm³/mol. The lowest BCUT2D eigenvalue weighted by Gasteiger charge is -2.32. The fourth-order valence-electron chi connectivity index (χ4n) is 2.60. The van der Waals surface area contributed by atoms with Gasteiger partial charge in [-0.2, -0.15) is 5.10 Å². The molecule has 0 spiro atoms. The van der Waals surface area contributed by atoms with Gasteiger partial charge < -0.3 is 10.4 Å². The zero-order valence-corrected chi connectivity index (χ0v) is 13.8. The summed E-state index contributed by atoms with van der Waals surface area (Å²) in [6.45, 7) is 12.7. The molecule has 0 fully saturated rings. The zero-order chi connectivity index (χ0) is 15.2. The van der Waals surface area contributed by atoms with Gasteiger partial charge in [0.25, 0.3) is 0 Å². The standard InChI is InChI=1S/C16H31N3O/c1-6-10-17-16(7-2,12-20)9-8-11-19-15(5)13(3)14(4)18-19/h17,20H,6-12H2,1-5H3. The van der Waals surface area contributed by atoms with E-state index in [1.54, 1.807) is 0 Å². The largest absolute Gasteiger partial charge is 0.394 e. The number of hydrogen-bond donors (Lipinski definition) is 2. The van der Waals surface area contributed by atoms with Crippen LogP contribution in [0.2, 0.25) is 0 Å². The average Bonchev–Trinajstić information content (AvgIpc) is 2.70. The van der Waals surface area contributed by atoms with Gasteiger partial charge >= 0.3 is 0 Å². The molecule has 0 bridgehead atoms. The molecule has 1 heterocycles. The third-order valence-corrected chi connectivity index (χ3v) is 4.50. The molecule has 4 nitrogen and oxygen atoms in total. The van der Waals surface area contributed by atoms with Crippen LogP contribution in [0, 0.1) is 20.8 Å². The Bertz CT molecular complexity index is 408. The highest BCUT2D eigenvalue weighted by molar-refractivity contribution is 5.22. The number of hydrogen-bond acceptors (Lipinski definition) is 3. The molecule has 1 unspecified atom stereocenters. The lowest BCUT2D eigenvalue weighted by atomic mass is 9.91. The van der Waals surface area contributed by atoms with E-state index in [4.69, 9.17) is 0 Å². The molecule has 0 aromatic carbocycles. The van der Waals surface area contributed by atoms with Gasteiger partial charge in [-0.25, -0.2) is 0 Å². The lowest BCUT2D eigenvalue weighted by Crippen LogP contribution is -2.48. The van der Waals surface area contributed by atoms with E-state index in [2.05, 4.69) is 49.7 Å². The summed E-state index contributed by atoms with van der Waals surface area (Å²) < 4.78 is 2.10. The molecule has 1 aromatic heterocycles. The second-order valence-electron chi connectivity index (χ2n) is 5.84. The quantitative estimate of drug-likeness (QED) is 0.732. The van der Waals surface area contributed by atoms with E-state index in [1.807, 2.05) is 0 Å². The number of aliphatic hydroxyl groups excluding tert-OH is 1. The van der Waals surface area contributed by atoms with Crippen molar-refractivity contribution in [2.75, 3.05) is 13.2 Å². The van der Waals surface area contributed by atoms with Crippen molar-refractivity contribution in [3.05, 3.63) is 17.0 Å². The first-order valence-electron chi connectivity index (χ1n) is 7.86. The maximum absolute atomic E-state index is 9.72. The first-order chi connectivity index (χ1) is 9.49. The molecular weight excluding hydrogens is 250 g/mol. The first kappa shape index (κ1) is 17.2. The van der Waals surface area contributed by atoms with Gasteiger partial charge in [-0.15, -0.1) is 0 Å². The predicted octanol–water partition coefficient (Wildman–Crippen LogP) is 2.73. The van der Waals surface area contributed by atoms with Crippen LogP contribution in [-0.2, 0) is 6.54 Å². The van der Waals surface area contributed by atoms with Gasteiger partial charge in [-0.05, 0) is 58.6 Å². The lowest BCUT2D eigenvalue weighted by molar-refractivity contribution is 0.142. The van der Waals surface area contributed by atoms with Gasteiger partial charge in [-0.3, -0.25) is 4.68 Å². The van der Waals surface area contributed by atoms with Crippen LogP contribution in [0.1, 0.15) is 56.5 Å². The average molecular weight is 281 g/mol. The summed E-state index contributed by atoms with van der Waals surface area (Å²) in [5.74, 6) is 0. The highest BCUT2D eigenvalue weighted by Crippen LogP contribution is 2.19. The normalized spacial score (nSPS) is 14.5. The van der Waals surface area contributed by atoms with E-state index in [0.717, 1.165) is 44.5 Å². The van der Waals surface area contributed by atoms with E-state index in [0.29, 0.717) is 0 Å². The minimum Gasteiger partial charge on any atom is -0.394 e. The van der Waals surface area contributed by atoms with Gasteiger partial charge in [0, 0.05) is 17.8 Å². The van der Waals surface area contributed by atoms with Crippen molar-refractivity contribution in [2.24, 2.45) is 0 Å². The summed E-state index contributed by atoms with van der Waals surface area (Å²) in [4.78, 5) is 0. The SMILES string of the molecule is CCCNC(CC)(CO)CCCn1nc(C)c(C)c1C. The highest BCUT2D eigenvalue weighted by Gasteiger charge is 2.25. The molecular formula is C16H31N3O. The molecule has 0 radical (unpaired) electrons. The second-order valence-corrected chi connectivity index (χ2v) is 5.84. The van der Waals surface area contributed by atoms with Crippen molar-refractivity contribution in [1.29, 1.82) is 0 Å². The summed E-state index contributed by atoms with van der Waals surface area (Å²) in [6, 6.07) is 0. The van der Waals surface area contributed by atoms with Crippen molar-refractivity contribution in [1.82, 2.24) is 15.1 Å². The van der Waals surface area contributed by atoms with Crippen molar-refractivity contribution in [3.63, 3.8) is 0 Å². The monoisotopic (exact) mass is 281 g/mol. The smallest absolute Gasteiger partial charge is 0.0625 e. The molecule has 0 aliphatic rings. The summed E-state index contributed by atoms with van der Waals surface area (Å²) in [7, 11) is 0. The van der Waals surface area contributed by atoms with Crippen molar-refractivity contribution in [2.45, 2.75) is 72.4 Å². The molecule has 20 heavy (non-hydrogen) atoms. The molecule has 1 aromatic rings. The Morgan fingerprint density at radius 1 is 1.25 bits per heavy atom. The van der Waals surface area contributed by atoms with Crippen LogP contribution in [-0.4, -0.2) is 33.6 Å². The number of aryl methyl sites for hydroxylation is 2. The third-order valence-electron chi connectivity index (χ3n) is 4.50. The minimum atomic E-state index is -0.124. The topological polar surface area (TPSA) is 50.1 Å². The summed E-state index contributed by atoms with van der Waals surface area (Å²) >= 11 is 0. The Kier molecular flexibility index (Phi) is 6.69. The fraction of sp³-hybridized carbons (Fsp3) is 0.812. The first-order valence-corrected chi connectivity index (χ1v) is 7.86. The summed E-state index contributed by atoms with van der Waals surface area (Å²) in [5, 5.41) is 17.8. The Hall–Kier alpha value is -0.870. The van der Waals surface area contributed by atoms with Crippen LogP contribution < -0.4 is 5.32 Å². The molecule has 0 aliphatic carbocycles. The molecule has 2 N–H and O–H groups in total. The molecule has 4 heteroatoms. The Morgan fingerprint density at radius 3 is 2.40 bits per heavy atom. The second kappa shape index (κ2) is 7.79. The van der Waals surface area contributed by atoms with E-state index >= 15 is 0 Å². The number of nitrogens with one attached hydrogen (secondary N) is 1. The van der Waals surface area contributed by atoms with E-state index in [9.17, 15) is 5.11 Å². The van der Waals surface area contributed by atoms with Crippen LogP contribution >= 0.6 is 0 Å². The van der Waals surface area contributed by atoms with Crippen molar-refractivity contribution >= 4 is 0 Å². The maximum Gasteiger partial charge on any atom is 0.0625 e. The van der Waals surface area contributed by atoms with E-state index < -0.39 is 0 Å². The molecule has 1 atom stereocenters. The molecule has 116 valence electrons. The van der Waals surface area contributed by atoms with Crippen LogP contribution in [0.5, 0.6) is 0 Å². The van der Waals surface area contributed by atoms with Crippen molar-refractivity contribution < 1.29 is 5.11 Å². The molecule has 0 saturated heterocycles. The van der Waals surface area contributed by atoms with Crippen LogP contribution in [0.15, 0.2) is 0 Å². The minimum absolute atomic E-state index is 0.124. The third kappa shape index (κ3) is 4.06. The van der Waals surface area contributed by atoms with Crippen LogP contribution in [0.4, 0.5) is 0 Å². The van der Waals surface area contributed by atoms with Gasteiger partial charge in [0.1, 0.15) is 0 Å². The van der Waals surface area contributed by atoms with Gasteiger partial charge in [0.2, 0.25) is 0 Å². The molecule has 1 rings (SSSR count). The Morgan fingerprint density at radius 2 is 1.95 bits per heavy atom. The number of nitrogens with zero attached hydrogens (tertiary/aromatic N) is 2. The van der Waals surface area contributed by atoms with Crippen LogP contribution in [0.25, 0.3) is 0 Å². The molecule has 0 amide bonds. The Balaban J connectivity index is 2.57. The molecule has 0 aliphatic heterocycles. The van der Waals surface area contributed by atoms with Crippen LogP contribution in [0.3, 0.4) is 0 Å².